The van der Waals surface area contributed by atoms with Crippen molar-refractivity contribution in [3.63, 3.8) is 0 Å². The zero-order valence-electron chi connectivity index (χ0n) is 11.5. The number of halogens is 2. The highest BCUT2D eigenvalue weighted by molar-refractivity contribution is 7.10. The van der Waals surface area contributed by atoms with Gasteiger partial charge in [-0.3, -0.25) is 0 Å². The molecule has 0 aliphatic carbocycles. The first-order chi connectivity index (χ1) is 9.63. The predicted molar refractivity (Wildman–Crippen MR) is 77.4 cm³/mol. The molecule has 1 atom stereocenters. The molecule has 2 aromatic rings. The molecule has 108 valence electrons. The van der Waals surface area contributed by atoms with E-state index in [9.17, 15) is 8.78 Å². The van der Waals surface area contributed by atoms with Crippen molar-refractivity contribution in [2.75, 3.05) is 13.7 Å². The van der Waals surface area contributed by atoms with E-state index in [0.29, 0.717) is 12.0 Å². The minimum absolute atomic E-state index is 0.0175. The number of nitrogens with one attached hydrogen (secondary N) is 1. The molecule has 5 heteroatoms. The van der Waals surface area contributed by atoms with Crippen molar-refractivity contribution in [3.05, 3.63) is 51.7 Å². The molecule has 0 bridgehead atoms. The topological polar surface area (TPSA) is 21.3 Å². The molecular weight excluding hydrogens is 280 g/mol. The molecule has 2 rings (SSSR count). The molecule has 0 amide bonds. The zero-order valence-corrected chi connectivity index (χ0v) is 12.3. The predicted octanol–water partition coefficient (Wildman–Crippen LogP) is 3.93. The van der Waals surface area contributed by atoms with E-state index in [2.05, 4.69) is 5.32 Å². The van der Waals surface area contributed by atoms with E-state index >= 15 is 0 Å². The lowest BCUT2D eigenvalue weighted by Crippen LogP contribution is -2.22. The summed E-state index contributed by atoms with van der Waals surface area (Å²) in [5.41, 5.74) is 0.629. The molecule has 1 aromatic carbocycles. The van der Waals surface area contributed by atoms with E-state index in [1.807, 2.05) is 18.4 Å². The maximum Gasteiger partial charge on any atom is 0.134 e. The lowest BCUT2D eigenvalue weighted by Gasteiger charge is -2.18. The molecule has 1 unspecified atom stereocenters. The standard InChI is InChI=1S/C15H17F2NOS/c1-3-18-13(15-14(19-2)4-5-20-15)8-10-6-11(16)9-12(17)7-10/h4-7,9,13,18H,3,8H2,1-2H3. The van der Waals surface area contributed by atoms with Crippen LogP contribution in [0.1, 0.15) is 23.4 Å². The maximum atomic E-state index is 13.3. The molecule has 1 N–H and O–H groups in total. The van der Waals surface area contributed by atoms with Gasteiger partial charge < -0.3 is 10.1 Å². The summed E-state index contributed by atoms with van der Waals surface area (Å²) < 4.78 is 31.9. The van der Waals surface area contributed by atoms with E-state index in [1.54, 1.807) is 18.4 Å². The molecule has 1 heterocycles. The zero-order chi connectivity index (χ0) is 14.5. The van der Waals surface area contributed by atoms with Crippen LogP contribution in [-0.2, 0) is 6.42 Å². The van der Waals surface area contributed by atoms with Crippen LogP contribution in [0.3, 0.4) is 0 Å². The van der Waals surface area contributed by atoms with E-state index in [-0.39, 0.29) is 6.04 Å². The van der Waals surface area contributed by atoms with Crippen LogP contribution in [-0.4, -0.2) is 13.7 Å². The summed E-state index contributed by atoms with van der Waals surface area (Å²) in [5.74, 6) is -0.292. The number of likely N-dealkylation sites (N-methyl/N-ethyl adjacent to an activating group) is 1. The summed E-state index contributed by atoms with van der Waals surface area (Å²) >= 11 is 1.57. The molecular formula is C15H17F2NOS. The van der Waals surface area contributed by atoms with Gasteiger partial charge in [-0.05, 0) is 42.1 Å². The minimum atomic E-state index is -0.548. The fraction of sp³-hybridized carbons (Fsp3) is 0.333. The van der Waals surface area contributed by atoms with Gasteiger partial charge in [0, 0.05) is 12.1 Å². The van der Waals surface area contributed by atoms with Crippen molar-refractivity contribution in [1.82, 2.24) is 5.32 Å². The lowest BCUT2D eigenvalue weighted by atomic mass is 10.0. The molecule has 0 radical (unpaired) electrons. The van der Waals surface area contributed by atoms with Crippen molar-refractivity contribution in [3.8, 4) is 5.75 Å². The normalized spacial score (nSPS) is 12.4. The number of benzene rings is 1. The summed E-state index contributed by atoms with van der Waals surface area (Å²) in [6.45, 7) is 2.77. The van der Waals surface area contributed by atoms with Gasteiger partial charge in [0.05, 0.1) is 12.0 Å². The van der Waals surface area contributed by atoms with E-state index in [0.717, 1.165) is 23.2 Å². The van der Waals surface area contributed by atoms with E-state index in [1.165, 1.54) is 12.1 Å². The summed E-state index contributed by atoms with van der Waals surface area (Å²) in [4.78, 5) is 1.04. The smallest absolute Gasteiger partial charge is 0.134 e. The highest BCUT2D eigenvalue weighted by Gasteiger charge is 2.18. The second kappa shape index (κ2) is 6.81. The average Bonchev–Trinajstić information content (AvgIpc) is 2.85. The number of methoxy groups -OCH3 is 1. The largest absolute Gasteiger partial charge is 0.496 e. The van der Waals surface area contributed by atoms with Crippen LogP contribution in [0, 0.1) is 11.6 Å². The SMILES string of the molecule is CCNC(Cc1cc(F)cc(F)c1)c1sccc1OC. The second-order valence-electron chi connectivity index (χ2n) is 4.45. The molecule has 0 aliphatic heterocycles. The van der Waals surface area contributed by atoms with Crippen LogP contribution in [0.4, 0.5) is 8.78 Å². The van der Waals surface area contributed by atoms with Gasteiger partial charge in [-0.25, -0.2) is 8.78 Å². The molecule has 20 heavy (non-hydrogen) atoms. The third kappa shape index (κ3) is 3.55. The Bertz CT molecular complexity index is 551. The summed E-state index contributed by atoms with van der Waals surface area (Å²) in [6.07, 6.45) is 0.513. The molecule has 0 aliphatic rings. The van der Waals surface area contributed by atoms with Crippen molar-refractivity contribution in [2.24, 2.45) is 0 Å². The lowest BCUT2D eigenvalue weighted by molar-refractivity contribution is 0.403. The summed E-state index contributed by atoms with van der Waals surface area (Å²) in [6, 6.07) is 5.51. The Morgan fingerprint density at radius 1 is 1.25 bits per heavy atom. The van der Waals surface area contributed by atoms with E-state index in [4.69, 9.17) is 4.74 Å². The Hall–Kier alpha value is -1.46. The number of hydrogen-bond acceptors (Lipinski definition) is 3. The third-order valence-corrected chi connectivity index (χ3v) is 4.02. The fourth-order valence-electron chi connectivity index (χ4n) is 2.20. The second-order valence-corrected chi connectivity index (χ2v) is 5.39. The Morgan fingerprint density at radius 2 is 1.95 bits per heavy atom. The summed E-state index contributed by atoms with van der Waals surface area (Å²) in [5, 5.41) is 5.28. The van der Waals surface area contributed by atoms with Crippen LogP contribution < -0.4 is 10.1 Å². The monoisotopic (exact) mass is 297 g/mol. The molecule has 2 nitrogen and oxygen atoms in total. The maximum absolute atomic E-state index is 13.3. The summed E-state index contributed by atoms with van der Waals surface area (Å²) in [7, 11) is 1.62. The van der Waals surface area contributed by atoms with Gasteiger partial charge in [0.1, 0.15) is 17.4 Å². The Balaban J connectivity index is 2.25. The highest BCUT2D eigenvalue weighted by Crippen LogP contribution is 2.32. The average molecular weight is 297 g/mol. The van der Waals surface area contributed by atoms with Crippen molar-refractivity contribution in [1.29, 1.82) is 0 Å². The van der Waals surface area contributed by atoms with Gasteiger partial charge in [0.2, 0.25) is 0 Å². The minimum Gasteiger partial charge on any atom is -0.496 e. The molecule has 0 fully saturated rings. The van der Waals surface area contributed by atoms with Crippen molar-refractivity contribution < 1.29 is 13.5 Å². The van der Waals surface area contributed by atoms with Gasteiger partial charge in [0.15, 0.2) is 0 Å². The Kier molecular flexibility index (Phi) is 5.09. The van der Waals surface area contributed by atoms with Gasteiger partial charge >= 0.3 is 0 Å². The van der Waals surface area contributed by atoms with Gasteiger partial charge in [-0.1, -0.05) is 6.92 Å². The number of rotatable bonds is 6. The molecule has 0 spiro atoms. The van der Waals surface area contributed by atoms with Crippen LogP contribution >= 0.6 is 11.3 Å². The van der Waals surface area contributed by atoms with Crippen LogP contribution in [0.5, 0.6) is 5.75 Å². The Labute approximate surface area is 121 Å². The molecule has 0 saturated carbocycles. The first-order valence-corrected chi connectivity index (χ1v) is 7.31. The molecule has 0 saturated heterocycles. The number of hydrogen-bond donors (Lipinski definition) is 1. The van der Waals surface area contributed by atoms with Gasteiger partial charge in [-0.2, -0.15) is 0 Å². The van der Waals surface area contributed by atoms with Crippen LogP contribution in [0.15, 0.2) is 29.6 Å². The highest BCUT2D eigenvalue weighted by atomic mass is 32.1. The van der Waals surface area contributed by atoms with Crippen LogP contribution in [0.25, 0.3) is 0 Å². The first-order valence-electron chi connectivity index (χ1n) is 6.43. The number of thiophene rings is 1. The van der Waals surface area contributed by atoms with Gasteiger partial charge in [0.25, 0.3) is 0 Å². The first kappa shape index (κ1) is 14.9. The van der Waals surface area contributed by atoms with Gasteiger partial charge in [-0.15, -0.1) is 11.3 Å². The third-order valence-electron chi connectivity index (χ3n) is 3.01. The fourth-order valence-corrected chi connectivity index (χ4v) is 3.14. The van der Waals surface area contributed by atoms with Crippen LogP contribution in [0.2, 0.25) is 0 Å². The molecule has 1 aromatic heterocycles. The van der Waals surface area contributed by atoms with E-state index < -0.39 is 11.6 Å². The quantitative estimate of drug-likeness (QED) is 0.872. The van der Waals surface area contributed by atoms with Crippen molar-refractivity contribution in [2.45, 2.75) is 19.4 Å². The number of ether oxygens (including phenoxy) is 1. The van der Waals surface area contributed by atoms with Crippen molar-refractivity contribution >= 4 is 11.3 Å². The Morgan fingerprint density at radius 3 is 2.55 bits per heavy atom.